The fraction of sp³-hybridized carbons (Fsp3) is 0.188. The molecule has 3 nitrogen and oxygen atoms in total. The van der Waals surface area contributed by atoms with Gasteiger partial charge < -0.3 is 15.2 Å². The number of benzene rings is 2. The Kier molecular flexibility index (Phi) is 4.58. The maximum atomic E-state index is 5.92. The van der Waals surface area contributed by atoms with Crippen molar-refractivity contribution in [2.75, 3.05) is 6.61 Å². The average molecular weight is 287 g/mol. The van der Waals surface area contributed by atoms with E-state index in [-0.39, 0.29) is 0 Å². The highest BCUT2D eigenvalue weighted by molar-refractivity contribution is 7.80. The van der Waals surface area contributed by atoms with Gasteiger partial charge in [0.25, 0.3) is 0 Å². The topological polar surface area (TPSA) is 44.5 Å². The first-order valence-electron chi connectivity index (χ1n) is 6.42. The lowest BCUT2D eigenvalue weighted by molar-refractivity contribution is 0.321. The van der Waals surface area contributed by atoms with Gasteiger partial charge in [0.1, 0.15) is 10.7 Å². The maximum Gasteiger partial charge on any atom is 0.169 e. The first-order chi connectivity index (χ1) is 9.61. The van der Waals surface area contributed by atoms with Gasteiger partial charge in [0.05, 0.1) is 12.2 Å². The van der Waals surface area contributed by atoms with E-state index < -0.39 is 0 Å². The van der Waals surface area contributed by atoms with Crippen molar-refractivity contribution in [2.24, 2.45) is 5.73 Å². The predicted molar refractivity (Wildman–Crippen MR) is 84.8 cm³/mol. The maximum absolute atomic E-state index is 5.92. The van der Waals surface area contributed by atoms with Gasteiger partial charge >= 0.3 is 0 Å². The summed E-state index contributed by atoms with van der Waals surface area (Å²) in [4.78, 5) is 0.317. The Morgan fingerprint density at radius 2 is 1.80 bits per heavy atom. The Hall–Kier alpha value is -2.07. The first-order valence-corrected chi connectivity index (χ1v) is 6.82. The van der Waals surface area contributed by atoms with Crippen molar-refractivity contribution in [1.82, 2.24) is 0 Å². The molecule has 104 valence electrons. The van der Waals surface area contributed by atoms with Gasteiger partial charge in [-0.05, 0) is 38.1 Å². The summed E-state index contributed by atoms with van der Waals surface area (Å²) < 4.78 is 11.5. The number of hydrogen-bond donors (Lipinski definition) is 1. The molecule has 0 amide bonds. The molecule has 0 unspecified atom stereocenters. The minimum Gasteiger partial charge on any atom is -0.490 e. The van der Waals surface area contributed by atoms with Crippen molar-refractivity contribution >= 4 is 17.2 Å². The molecule has 2 aromatic carbocycles. The van der Waals surface area contributed by atoms with Crippen LogP contribution in [0.4, 0.5) is 0 Å². The smallest absolute Gasteiger partial charge is 0.169 e. The van der Waals surface area contributed by atoms with E-state index in [9.17, 15) is 0 Å². The molecule has 0 fully saturated rings. The van der Waals surface area contributed by atoms with Gasteiger partial charge in [-0.2, -0.15) is 0 Å². The minimum atomic E-state index is 0.317. The second-order valence-corrected chi connectivity index (χ2v) is 4.79. The van der Waals surface area contributed by atoms with E-state index in [1.54, 1.807) is 0 Å². The van der Waals surface area contributed by atoms with E-state index in [0.29, 0.717) is 28.8 Å². The Bertz CT molecular complexity index is 626. The molecule has 0 bridgehead atoms. The van der Waals surface area contributed by atoms with Crippen LogP contribution >= 0.6 is 12.2 Å². The molecule has 0 heterocycles. The van der Waals surface area contributed by atoms with E-state index >= 15 is 0 Å². The molecule has 0 aromatic heterocycles. The molecule has 4 heteroatoms. The van der Waals surface area contributed by atoms with E-state index in [4.69, 9.17) is 27.4 Å². The number of thiocarbonyl (C=S) groups is 1. The molecule has 0 aliphatic heterocycles. The summed E-state index contributed by atoms with van der Waals surface area (Å²) in [7, 11) is 0. The monoisotopic (exact) mass is 287 g/mol. The highest BCUT2D eigenvalue weighted by Crippen LogP contribution is 2.33. The third-order valence-corrected chi connectivity index (χ3v) is 2.99. The van der Waals surface area contributed by atoms with Crippen LogP contribution in [-0.4, -0.2) is 11.6 Å². The van der Waals surface area contributed by atoms with Crippen LogP contribution in [0.5, 0.6) is 17.2 Å². The number of nitrogens with two attached hydrogens (primary N) is 1. The number of para-hydroxylation sites is 2. The Balaban J connectivity index is 2.37. The molecule has 0 aliphatic rings. The summed E-state index contributed by atoms with van der Waals surface area (Å²) in [6, 6.07) is 13.3. The first kappa shape index (κ1) is 14.3. The minimum absolute atomic E-state index is 0.317. The number of rotatable bonds is 5. The molecule has 20 heavy (non-hydrogen) atoms. The molecule has 0 saturated heterocycles. The average Bonchev–Trinajstić information content (AvgIpc) is 2.43. The van der Waals surface area contributed by atoms with Crippen LogP contribution in [0, 0.1) is 6.92 Å². The third-order valence-electron chi connectivity index (χ3n) is 2.77. The Morgan fingerprint density at radius 3 is 2.45 bits per heavy atom. The molecule has 0 spiro atoms. The van der Waals surface area contributed by atoms with Crippen molar-refractivity contribution in [2.45, 2.75) is 13.8 Å². The highest BCUT2D eigenvalue weighted by Gasteiger charge is 2.11. The quantitative estimate of drug-likeness (QED) is 0.849. The molecule has 0 atom stereocenters. The summed E-state index contributed by atoms with van der Waals surface area (Å²) >= 11 is 5.08. The van der Waals surface area contributed by atoms with E-state index in [2.05, 4.69) is 0 Å². The van der Waals surface area contributed by atoms with E-state index in [1.165, 1.54) is 0 Å². The van der Waals surface area contributed by atoms with Crippen LogP contribution in [0.15, 0.2) is 42.5 Å². The van der Waals surface area contributed by atoms with Gasteiger partial charge in [0.2, 0.25) is 0 Å². The SMILES string of the molecule is CCOc1ccccc1Oc1ccc(C)cc1C(N)=S. The zero-order valence-electron chi connectivity index (χ0n) is 11.6. The summed E-state index contributed by atoms with van der Waals surface area (Å²) in [6.45, 7) is 4.50. The molecular weight excluding hydrogens is 270 g/mol. The summed E-state index contributed by atoms with van der Waals surface area (Å²) in [6.07, 6.45) is 0. The van der Waals surface area contributed by atoms with Gasteiger partial charge in [0, 0.05) is 0 Å². The lowest BCUT2D eigenvalue weighted by atomic mass is 10.1. The zero-order chi connectivity index (χ0) is 14.5. The van der Waals surface area contributed by atoms with Gasteiger partial charge in [-0.3, -0.25) is 0 Å². The van der Waals surface area contributed by atoms with Gasteiger partial charge in [-0.1, -0.05) is 36.0 Å². The van der Waals surface area contributed by atoms with Crippen molar-refractivity contribution in [3.8, 4) is 17.2 Å². The molecular formula is C16H17NO2S. The fourth-order valence-electron chi connectivity index (χ4n) is 1.85. The molecule has 0 saturated carbocycles. The lowest BCUT2D eigenvalue weighted by Gasteiger charge is -2.14. The summed E-state index contributed by atoms with van der Waals surface area (Å²) in [5.41, 5.74) is 7.56. The molecule has 2 N–H and O–H groups in total. The normalized spacial score (nSPS) is 10.1. The molecule has 2 aromatic rings. The van der Waals surface area contributed by atoms with Crippen molar-refractivity contribution in [1.29, 1.82) is 0 Å². The third kappa shape index (κ3) is 3.27. The zero-order valence-corrected chi connectivity index (χ0v) is 12.4. The predicted octanol–water partition coefficient (Wildman–Crippen LogP) is 3.82. The summed E-state index contributed by atoms with van der Waals surface area (Å²) in [5, 5.41) is 0. The highest BCUT2D eigenvalue weighted by atomic mass is 32.1. The van der Waals surface area contributed by atoms with Crippen molar-refractivity contribution < 1.29 is 9.47 Å². The van der Waals surface area contributed by atoms with E-state index in [0.717, 1.165) is 11.1 Å². The van der Waals surface area contributed by atoms with Gasteiger partial charge in [-0.25, -0.2) is 0 Å². The largest absolute Gasteiger partial charge is 0.490 e. The van der Waals surface area contributed by atoms with Crippen molar-refractivity contribution in [3.05, 3.63) is 53.6 Å². The number of hydrogen-bond acceptors (Lipinski definition) is 3. The van der Waals surface area contributed by atoms with Gasteiger partial charge in [-0.15, -0.1) is 0 Å². The van der Waals surface area contributed by atoms with Crippen LogP contribution < -0.4 is 15.2 Å². The van der Waals surface area contributed by atoms with Crippen LogP contribution in [0.3, 0.4) is 0 Å². The second-order valence-electron chi connectivity index (χ2n) is 4.35. The molecule has 2 rings (SSSR count). The van der Waals surface area contributed by atoms with Crippen LogP contribution in [0.2, 0.25) is 0 Å². The van der Waals surface area contributed by atoms with Gasteiger partial charge in [0.15, 0.2) is 11.5 Å². The fourth-order valence-corrected chi connectivity index (χ4v) is 2.01. The molecule has 0 aliphatic carbocycles. The standard InChI is InChI=1S/C16H17NO2S/c1-3-18-14-6-4-5-7-15(14)19-13-9-8-11(2)10-12(13)16(17)20/h4-10H,3H2,1-2H3,(H2,17,20). The second kappa shape index (κ2) is 6.39. The van der Waals surface area contributed by atoms with Crippen LogP contribution in [0.1, 0.15) is 18.1 Å². The van der Waals surface area contributed by atoms with Crippen LogP contribution in [0.25, 0.3) is 0 Å². The van der Waals surface area contributed by atoms with E-state index in [1.807, 2.05) is 56.3 Å². The molecule has 0 radical (unpaired) electrons. The number of aryl methyl sites for hydroxylation is 1. The van der Waals surface area contributed by atoms with Crippen molar-refractivity contribution in [3.63, 3.8) is 0 Å². The number of ether oxygens (including phenoxy) is 2. The van der Waals surface area contributed by atoms with Crippen LogP contribution in [-0.2, 0) is 0 Å². The Labute approximate surface area is 124 Å². The lowest BCUT2D eigenvalue weighted by Crippen LogP contribution is -2.11. The Morgan fingerprint density at radius 1 is 1.10 bits per heavy atom. The summed E-state index contributed by atoms with van der Waals surface area (Å²) in [5.74, 6) is 1.98.